The molecule has 0 aromatic rings. The lowest BCUT2D eigenvalue weighted by molar-refractivity contribution is 0.0101. The minimum absolute atomic E-state index is 0.659. The van der Waals surface area contributed by atoms with Crippen LogP contribution < -0.4 is 0 Å². The van der Waals surface area contributed by atoms with E-state index in [-0.39, 0.29) is 0 Å². The molecule has 50 valence electrons. The van der Waals surface area contributed by atoms with E-state index < -0.39 is 25.6 Å². The lowest BCUT2D eigenvalue weighted by Crippen LogP contribution is -2.19. The average Bonchev–Trinajstić information content (AvgIpc) is 1.69. The number of aliphatic hydroxyl groups excluding tert-OH is 2. The molecule has 8 heavy (non-hydrogen) atoms. The SMILES string of the molecule is OCC(CO)C(F)F. The van der Waals surface area contributed by atoms with Crippen molar-refractivity contribution in [2.75, 3.05) is 13.2 Å². The van der Waals surface area contributed by atoms with Gasteiger partial charge in [0.05, 0.1) is 19.1 Å². The molecule has 2 N–H and O–H groups in total. The minimum Gasteiger partial charge on any atom is -0.396 e. The standard InChI is InChI=1S/C4H8F2O2/c5-4(6)3(1-7)2-8/h3-4,7-8H,1-2H2. The lowest BCUT2D eigenvalue weighted by atomic mass is 10.2. The van der Waals surface area contributed by atoms with Gasteiger partial charge in [-0.15, -0.1) is 0 Å². The topological polar surface area (TPSA) is 40.5 Å². The molecular weight excluding hydrogens is 118 g/mol. The van der Waals surface area contributed by atoms with Gasteiger partial charge in [0.25, 0.3) is 0 Å². The molecule has 2 nitrogen and oxygen atoms in total. The van der Waals surface area contributed by atoms with Crippen LogP contribution in [0.4, 0.5) is 8.78 Å². The quantitative estimate of drug-likeness (QED) is 0.552. The summed E-state index contributed by atoms with van der Waals surface area (Å²) in [5.41, 5.74) is 0. The number of alkyl halides is 2. The van der Waals surface area contributed by atoms with Crippen LogP contribution in [-0.4, -0.2) is 29.9 Å². The van der Waals surface area contributed by atoms with Crippen molar-refractivity contribution < 1.29 is 19.0 Å². The first-order valence-corrected chi connectivity index (χ1v) is 2.22. The summed E-state index contributed by atoms with van der Waals surface area (Å²) in [6.45, 7) is -1.32. The van der Waals surface area contributed by atoms with Crippen molar-refractivity contribution in [3.8, 4) is 0 Å². The Balaban J connectivity index is 3.35. The molecular formula is C4H8F2O2. The van der Waals surface area contributed by atoms with Gasteiger partial charge in [0.1, 0.15) is 0 Å². The summed E-state index contributed by atoms with van der Waals surface area (Å²) in [6, 6.07) is 0. The Labute approximate surface area is 45.8 Å². The molecule has 0 aliphatic rings. The molecule has 0 atom stereocenters. The zero-order chi connectivity index (χ0) is 6.57. The molecule has 0 aliphatic heterocycles. The number of hydrogen-bond donors (Lipinski definition) is 2. The van der Waals surface area contributed by atoms with E-state index in [0.717, 1.165) is 0 Å². The van der Waals surface area contributed by atoms with Gasteiger partial charge in [-0.2, -0.15) is 0 Å². The molecule has 0 rings (SSSR count). The second-order valence-corrected chi connectivity index (χ2v) is 1.46. The zero-order valence-electron chi connectivity index (χ0n) is 4.22. The summed E-state index contributed by atoms with van der Waals surface area (Å²) in [5.74, 6) is -1.27. The first-order valence-electron chi connectivity index (χ1n) is 2.22. The predicted molar refractivity (Wildman–Crippen MR) is 23.7 cm³/mol. The molecule has 0 spiro atoms. The van der Waals surface area contributed by atoms with Crippen molar-refractivity contribution in [1.29, 1.82) is 0 Å². The molecule has 0 aromatic carbocycles. The molecule has 0 unspecified atom stereocenters. The third kappa shape index (κ3) is 2.18. The molecule has 4 heteroatoms. The first-order chi connectivity index (χ1) is 3.72. The van der Waals surface area contributed by atoms with E-state index in [2.05, 4.69) is 0 Å². The third-order valence-electron chi connectivity index (χ3n) is 0.825. The fourth-order valence-electron chi connectivity index (χ4n) is 0.217. The van der Waals surface area contributed by atoms with Crippen LogP contribution in [-0.2, 0) is 0 Å². The van der Waals surface area contributed by atoms with Gasteiger partial charge in [-0.25, -0.2) is 8.78 Å². The van der Waals surface area contributed by atoms with E-state index >= 15 is 0 Å². The fraction of sp³-hybridized carbons (Fsp3) is 1.00. The monoisotopic (exact) mass is 126 g/mol. The normalized spacial score (nSPS) is 11.2. The Morgan fingerprint density at radius 3 is 1.50 bits per heavy atom. The summed E-state index contributed by atoms with van der Waals surface area (Å²) >= 11 is 0. The van der Waals surface area contributed by atoms with E-state index in [1.165, 1.54) is 0 Å². The summed E-state index contributed by atoms with van der Waals surface area (Å²) in [7, 11) is 0. The highest BCUT2D eigenvalue weighted by atomic mass is 19.3. The third-order valence-corrected chi connectivity index (χ3v) is 0.825. The Hall–Kier alpha value is -0.220. The van der Waals surface area contributed by atoms with Gasteiger partial charge < -0.3 is 10.2 Å². The van der Waals surface area contributed by atoms with E-state index in [4.69, 9.17) is 10.2 Å². The van der Waals surface area contributed by atoms with Crippen molar-refractivity contribution in [1.82, 2.24) is 0 Å². The van der Waals surface area contributed by atoms with Gasteiger partial charge in [-0.05, 0) is 0 Å². The molecule has 0 saturated heterocycles. The van der Waals surface area contributed by atoms with Crippen LogP contribution in [0.2, 0.25) is 0 Å². The highest BCUT2D eigenvalue weighted by Crippen LogP contribution is 2.06. The number of aliphatic hydroxyl groups is 2. The van der Waals surface area contributed by atoms with Crippen LogP contribution in [0.25, 0.3) is 0 Å². The second kappa shape index (κ2) is 3.74. The van der Waals surface area contributed by atoms with E-state index in [1.54, 1.807) is 0 Å². The second-order valence-electron chi connectivity index (χ2n) is 1.46. The molecule has 0 aliphatic carbocycles. The average molecular weight is 126 g/mol. The Bertz CT molecular complexity index is 54.0. The number of hydrogen-bond acceptors (Lipinski definition) is 2. The smallest absolute Gasteiger partial charge is 0.245 e. The van der Waals surface area contributed by atoms with Crippen LogP contribution >= 0.6 is 0 Å². The highest BCUT2D eigenvalue weighted by Gasteiger charge is 2.17. The molecule has 0 bridgehead atoms. The van der Waals surface area contributed by atoms with Gasteiger partial charge in [0.2, 0.25) is 6.43 Å². The van der Waals surface area contributed by atoms with Gasteiger partial charge in [0, 0.05) is 0 Å². The summed E-state index contributed by atoms with van der Waals surface area (Å²) in [5, 5.41) is 16.1. The van der Waals surface area contributed by atoms with Crippen molar-refractivity contribution in [2.24, 2.45) is 5.92 Å². The van der Waals surface area contributed by atoms with Crippen molar-refractivity contribution in [3.05, 3.63) is 0 Å². The predicted octanol–water partition coefficient (Wildman–Crippen LogP) is -0.148. The number of rotatable bonds is 3. The van der Waals surface area contributed by atoms with Gasteiger partial charge >= 0.3 is 0 Å². The maximum Gasteiger partial charge on any atom is 0.245 e. The largest absolute Gasteiger partial charge is 0.396 e. The van der Waals surface area contributed by atoms with Crippen LogP contribution in [0, 0.1) is 5.92 Å². The maximum atomic E-state index is 11.4. The highest BCUT2D eigenvalue weighted by molar-refractivity contribution is 4.55. The van der Waals surface area contributed by atoms with E-state index in [0.29, 0.717) is 0 Å². The van der Waals surface area contributed by atoms with Gasteiger partial charge in [-0.1, -0.05) is 0 Å². The molecule has 0 aromatic heterocycles. The van der Waals surface area contributed by atoms with Crippen LogP contribution in [0.3, 0.4) is 0 Å². The first kappa shape index (κ1) is 7.78. The van der Waals surface area contributed by atoms with Crippen molar-refractivity contribution in [3.63, 3.8) is 0 Å². The van der Waals surface area contributed by atoms with Crippen LogP contribution in [0.15, 0.2) is 0 Å². The summed E-state index contributed by atoms with van der Waals surface area (Å²) in [4.78, 5) is 0. The molecule has 0 fully saturated rings. The van der Waals surface area contributed by atoms with Gasteiger partial charge in [-0.3, -0.25) is 0 Å². The maximum absolute atomic E-state index is 11.4. The summed E-state index contributed by atoms with van der Waals surface area (Å²) in [6.07, 6.45) is -2.62. The fourth-order valence-corrected chi connectivity index (χ4v) is 0.217. The Kier molecular flexibility index (Phi) is 3.64. The van der Waals surface area contributed by atoms with Crippen molar-refractivity contribution >= 4 is 0 Å². The van der Waals surface area contributed by atoms with E-state index in [9.17, 15) is 8.78 Å². The Morgan fingerprint density at radius 1 is 1.12 bits per heavy atom. The molecule has 0 saturated carbocycles. The zero-order valence-corrected chi connectivity index (χ0v) is 4.22. The number of halogens is 2. The van der Waals surface area contributed by atoms with Gasteiger partial charge in [0.15, 0.2) is 0 Å². The van der Waals surface area contributed by atoms with Crippen LogP contribution in [0.1, 0.15) is 0 Å². The molecule has 0 amide bonds. The minimum atomic E-state index is -2.62. The Morgan fingerprint density at radius 2 is 1.50 bits per heavy atom. The molecule has 0 heterocycles. The van der Waals surface area contributed by atoms with Crippen molar-refractivity contribution in [2.45, 2.75) is 6.43 Å². The summed E-state index contributed by atoms with van der Waals surface area (Å²) < 4.78 is 22.8. The van der Waals surface area contributed by atoms with E-state index in [1.807, 2.05) is 0 Å². The molecule has 0 radical (unpaired) electrons. The van der Waals surface area contributed by atoms with Crippen LogP contribution in [0.5, 0.6) is 0 Å². The lowest BCUT2D eigenvalue weighted by Gasteiger charge is -2.06.